The van der Waals surface area contributed by atoms with Crippen LogP contribution in [0.3, 0.4) is 0 Å². The predicted octanol–water partition coefficient (Wildman–Crippen LogP) is 3.60. The van der Waals surface area contributed by atoms with Gasteiger partial charge in [0.2, 0.25) is 5.91 Å². The largest absolute Gasteiger partial charge is 0.441 e. The van der Waals surface area contributed by atoms with E-state index in [1.807, 2.05) is 0 Å². The molecule has 2 amide bonds. The number of aromatic nitrogens is 6. The molecule has 3 heterocycles. The number of carbonyl (C=O) groups is 2. The molecule has 0 aliphatic heterocycles. The van der Waals surface area contributed by atoms with Crippen LogP contribution in [-0.2, 0) is 16.6 Å². The molecule has 3 aromatic rings. The minimum absolute atomic E-state index is 0.00778. The molecule has 6 rings (SSSR count). The highest BCUT2D eigenvalue weighted by atomic mass is 35.5. The highest BCUT2D eigenvalue weighted by Gasteiger charge is 2.72. The maximum Gasteiger partial charge on any atom is 0.413 e. The molecule has 3 fully saturated rings. The van der Waals surface area contributed by atoms with Crippen LogP contribution in [0.25, 0.3) is 11.5 Å². The number of halogens is 3. The van der Waals surface area contributed by atoms with E-state index in [1.54, 1.807) is 7.05 Å². The van der Waals surface area contributed by atoms with E-state index < -0.39 is 29.1 Å². The maximum atomic E-state index is 13.7. The Kier molecular flexibility index (Phi) is 5.38. The Labute approximate surface area is 202 Å². The number of pyridine rings is 1. The Hall–Kier alpha value is -3.74. The van der Waals surface area contributed by atoms with Crippen molar-refractivity contribution in [1.29, 1.82) is 0 Å². The number of carbonyl (C=O) groups excluding carboxylic acids is 2. The molecule has 2 bridgehead atoms. The zero-order chi connectivity index (χ0) is 25.0. The number of rotatable bonds is 6. The Balaban J connectivity index is 1.25. The summed E-state index contributed by atoms with van der Waals surface area (Å²) in [6, 6.07) is 1.13. The van der Waals surface area contributed by atoms with Crippen LogP contribution in [0.4, 0.5) is 25.1 Å². The van der Waals surface area contributed by atoms with Crippen molar-refractivity contribution in [1.82, 2.24) is 29.9 Å². The van der Waals surface area contributed by atoms with Crippen LogP contribution >= 0.6 is 11.6 Å². The van der Waals surface area contributed by atoms with Crippen molar-refractivity contribution in [2.75, 3.05) is 10.6 Å². The number of ether oxygens (including phenoxy) is 1. The Bertz CT molecular complexity index is 1310. The third kappa shape index (κ3) is 4.16. The molecule has 2 N–H and O–H groups in total. The first-order chi connectivity index (χ1) is 16.6. The predicted molar refractivity (Wildman–Crippen MR) is 119 cm³/mol. The molecule has 1 atom stereocenters. The number of nitrogens with one attached hydrogen (secondary N) is 2. The zero-order valence-corrected chi connectivity index (χ0v) is 19.3. The monoisotopic (exact) mass is 504 g/mol. The van der Waals surface area contributed by atoms with Gasteiger partial charge in [-0.1, -0.05) is 16.8 Å². The smallest absolute Gasteiger partial charge is 0.413 e. The summed E-state index contributed by atoms with van der Waals surface area (Å²) in [5.74, 6) is -0.596. The summed E-state index contributed by atoms with van der Waals surface area (Å²) in [5.41, 5.74) is -1.10. The minimum Gasteiger partial charge on any atom is -0.441 e. The van der Waals surface area contributed by atoms with Crippen molar-refractivity contribution in [3.05, 3.63) is 41.2 Å². The molecule has 3 saturated carbocycles. The molecule has 182 valence electrons. The molecule has 35 heavy (non-hydrogen) atoms. The van der Waals surface area contributed by atoms with Gasteiger partial charge in [0.1, 0.15) is 22.7 Å². The Morgan fingerprint density at radius 1 is 1.17 bits per heavy atom. The van der Waals surface area contributed by atoms with Crippen molar-refractivity contribution in [3.63, 3.8) is 0 Å². The third-order valence-electron chi connectivity index (χ3n) is 6.17. The zero-order valence-electron chi connectivity index (χ0n) is 18.5. The number of amides is 2. The van der Waals surface area contributed by atoms with Crippen molar-refractivity contribution < 1.29 is 23.1 Å². The van der Waals surface area contributed by atoms with Gasteiger partial charge < -0.3 is 10.1 Å². The minimum atomic E-state index is -1.17. The number of hydrogen-bond donors (Lipinski definition) is 2. The lowest BCUT2D eigenvalue weighted by Gasteiger charge is -2.64. The molecule has 0 aromatic carbocycles. The molecular weight excluding hydrogens is 486 g/mol. The number of alkyl halides is 1. The van der Waals surface area contributed by atoms with Gasteiger partial charge in [0, 0.05) is 12.6 Å². The molecule has 0 unspecified atom stereocenters. The van der Waals surface area contributed by atoms with E-state index in [-0.39, 0.29) is 53.2 Å². The van der Waals surface area contributed by atoms with Gasteiger partial charge in [-0.3, -0.25) is 10.1 Å². The van der Waals surface area contributed by atoms with Crippen LogP contribution in [-0.4, -0.2) is 47.6 Å². The number of aryl methyl sites for hydroxylation is 1. The molecule has 3 aliphatic carbocycles. The second-order valence-corrected chi connectivity index (χ2v) is 9.19. The van der Waals surface area contributed by atoms with E-state index in [2.05, 4.69) is 35.9 Å². The fraction of sp³-hybridized carbons (Fsp3) is 0.381. The van der Waals surface area contributed by atoms with Gasteiger partial charge in [0.25, 0.3) is 0 Å². The lowest BCUT2D eigenvalue weighted by atomic mass is 9.42. The first-order valence-corrected chi connectivity index (χ1v) is 11.0. The van der Waals surface area contributed by atoms with Gasteiger partial charge in [-0.25, -0.2) is 33.2 Å². The topological polar surface area (TPSA) is 137 Å². The molecule has 3 aromatic heterocycles. The lowest BCUT2D eigenvalue weighted by Crippen LogP contribution is -2.68. The Morgan fingerprint density at radius 2 is 1.86 bits per heavy atom. The summed E-state index contributed by atoms with van der Waals surface area (Å²) in [7, 11) is 1.54. The molecule has 0 radical (unpaired) electrons. The van der Waals surface area contributed by atoms with E-state index in [4.69, 9.17) is 16.3 Å². The molecule has 0 saturated heterocycles. The van der Waals surface area contributed by atoms with Crippen molar-refractivity contribution >= 4 is 35.1 Å². The first-order valence-electron chi connectivity index (χ1n) is 10.6. The molecule has 0 spiro atoms. The SMILES string of the molecule is C[C@@H](OC(=O)Nc1c(-c2ncc(NC(=O)C34CC(F)(C3)C4)cn2)nnn1C)c1cc(F)cnc1Cl. The normalized spacial score (nSPS) is 23.0. The third-order valence-corrected chi connectivity index (χ3v) is 6.49. The van der Waals surface area contributed by atoms with Gasteiger partial charge in [-0.05, 0) is 32.3 Å². The summed E-state index contributed by atoms with van der Waals surface area (Å²) in [5, 5.41) is 13.1. The summed E-state index contributed by atoms with van der Waals surface area (Å²) in [6.07, 6.45) is 2.68. The average molecular weight is 505 g/mol. The first kappa shape index (κ1) is 23.0. The van der Waals surface area contributed by atoms with E-state index in [1.165, 1.54) is 24.0 Å². The standard InChI is InChI=1S/C21H19ClF2N8O3/c1-10(13-3-11(23)4-25-15(13)22)35-19(34)29-17-14(30-31-32(17)2)16-26-5-12(6-27-16)28-18(33)20-7-21(24,8-20)9-20/h3-6,10H,7-9H2,1-2H3,(H,28,33)(H,29,34)/t10-,20?,21?/m1/s1. The van der Waals surface area contributed by atoms with Gasteiger partial charge >= 0.3 is 6.09 Å². The van der Waals surface area contributed by atoms with E-state index in [0.717, 1.165) is 12.3 Å². The van der Waals surface area contributed by atoms with Crippen LogP contribution in [0.2, 0.25) is 5.15 Å². The molecule has 11 nitrogen and oxygen atoms in total. The highest BCUT2D eigenvalue weighted by Crippen LogP contribution is 2.69. The highest BCUT2D eigenvalue weighted by molar-refractivity contribution is 6.30. The van der Waals surface area contributed by atoms with Crippen molar-refractivity contribution in [2.24, 2.45) is 12.5 Å². The van der Waals surface area contributed by atoms with Crippen molar-refractivity contribution in [3.8, 4) is 11.5 Å². The maximum absolute atomic E-state index is 13.7. The fourth-order valence-electron chi connectivity index (χ4n) is 4.40. The van der Waals surface area contributed by atoms with E-state index in [0.29, 0.717) is 5.69 Å². The van der Waals surface area contributed by atoms with Crippen molar-refractivity contribution in [2.45, 2.75) is 38.0 Å². The summed E-state index contributed by atoms with van der Waals surface area (Å²) in [4.78, 5) is 37.0. The van der Waals surface area contributed by atoms with Crippen LogP contribution < -0.4 is 10.6 Å². The van der Waals surface area contributed by atoms with Crippen LogP contribution in [0.15, 0.2) is 24.7 Å². The summed E-state index contributed by atoms with van der Waals surface area (Å²) < 4.78 is 33.8. The average Bonchev–Trinajstić information content (AvgIpc) is 3.12. The molecule has 3 aliphatic rings. The molecule has 14 heteroatoms. The quantitative estimate of drug-likeness (QED) is 0.486. The molecular formula is C21H19ClF2N8O3. The van der Waals surface area contributed by atoms with Gasteiger partial charge in [0.15, 0.2) is 17.3 Å². The Morgan fingerprint density at radius 3 is 2.51 bits per heavy atom. The van der Waals surface area contributed by atoms with Gasteiger partial charge in [0.05, 0.1) is 29.7 Å². The number of anilines is 2. The van der Waals surface area contributed by atoms with Crippen LogP contribution in [0.1, 0.15) is 37.9 Å². The second-order valence-electron chi connectivity index (χ2n) is 8.83. The number of nitrogens with zero attached hydrogens (tertiary/aromatic N) is 6. The second kappa shape index (κ2) is 8.18. The van der Waals surface area contributed by atoms with Crippen LogP contribution in [0, 0.1) is 11.2 Å². The summed E-state index contributed by atoms with van der Waals surface area (Å²) >= 11 is 5.96. The van der Waals surface area contributed by atoms with Crippen LogP contribution in [0.5, 0.6) is 0 Å². The number of hydrogen-bond acceptors (Lipinski definition) is 8. The van der Waals surface area contributed by atoms with Gasteiger partial charge in [-0.15, -0.1) is 5.10 Å². The summed E-state index contributed by atoms with van der Waals surface area (Å²) in [6.45, 7) is 1.51. The van der Waals surface area contributed by atoms with E-state index >= 15 is 0 Å². The lowest BCUT2D eigenvalue weighted by molar-refractivity contribution is -0.209. The van der Waals surface area contributed by atoms with Gasteiger partial charge in [-0.2, -0.15) is 0 Å². The fourth-order valence-corrected chi connectivity index (χ4v) is 4.66. The van der Waals surface area contributed by atoms with E-state index in [9.17, 15) is 18.4 Å².